The Labute approximate surface area is 123 Å². The smallest absolute Gasteiger partial charge is 0.357 e. The van der Waals surface area contributed by atoms with E-state index in [0.717, 1.165) is 33.0 Å². The number of alkyl halides is 3. The molecule has 0 fully saturated rings. The molecule has 0 aliphatic rings. The molecular formula is C15H11F3N2S. The number of rotatable bonds is 3. The number of hydrogen-bond donors (Lipinski definition) is 1. The summed E-state index contributed by atoms with van der Waals surface area (Å²) >= 11 is 1.52. The first-order valence-corrected chi connectivity index (χ1v) is 7.09. The Hall–Kier alpha value is -2.08. The van der Waals surface area contributed by atoms with Crippen LogP contribution >= 0.6 is 11.3 Å². The summed E-state index contributed by atoms with van der Waals surface area (Å²) < 4.78 is 38.5. The number of benzene rings is 2. The summed E-state index contributed by atoms with van der Waals surface area (Å²) in [5, 5.41) is 3.90. The van der Waals surface area contributed by atoms with Gasteiger partial charge in [0.1, 0.15) is 0 Å². The predicted molar refractivity (Wildman–Crippen MR) is 78.4 cm³/mol. The molecule has 3 aromatic rings. The van der Waals surface area contributed by atoms with Gasteiger partial charge in [0.05, 0.1) is 15.8 Å². The summed E-state index contributed by atoms with van der Waals surface area (Å²) in [6.45, 7) is 0.442. The lowest BCUT2D eigenvalue weighted by Gasteiger charge is -2.07. The molecule has 1 heterocycles. The topological polar surface area (TPSA) is 24.9 Å². The number of nitrogens with zero attached hydrogens (tertiary/aromatic N) is 1. The minimum absolute atomic E-state index is 0.442. The summed E-state index contributed by atoms with van der Waals surface area (Å²) in [7, 11) is 0. The lowest BCUT2D eigenvalue weighted by atomic mass is 10.1. The van der Waals surface area contributed by atoms with E-state index in [1.54, 1.807) is 0 Å². The Morgan fingerprint density at radius 1 is 1.00 bits per heavy atom. The fourth-order valence-corrected chi connectivity index (χ4v) is 2.80. The molecule has 0 amide bonds. The van der Waals surface area contributed by atoms with Crippen molar-refractivity contribution in [3.8, 4) is 0 Å². The molecule has 0 unspecified atom stereocenters. The van der Waals surface area contributed by atoms with Gasteiger partial charge >= 0.3 is 6.18 Å². The Kier molecular flexibility index (Phi) is 3.55. The molecular weight excluding hydrogens is 297 g/mol. The predicted octanol–water partition coefficient (Wildman–Crippen LogP) is 4.93. The number of halogens is 3. The lowest BCUT2D eigenvalue weighted by molar-refractivity contribution is -0.137. The van der Waals surface area contributed by atoms with Crippen LogP contribution < -0.4 is 5.32 Å². The summed E-state index contributed by atoms with van der Waals surface area (Å²) in [6.07, 6.45) is -4.29. The van der Waals surface area contributed by atoms with Crippen molar-refractivity contribution in [3.05, 3.63) is 59.7 Å². The molecule has 0 atom stereocenters. The number of aromatic nitrogens is 1. The van der Waals surface area contributed by atoms with Gasteiger partial charge in [0, 0.05) is 6.54 Å². The molecule has 0 spiro atoms. The molecule has 0 aliphatic carbocycles. The molecule has 3 rings (SSSR count). The summed E-state index contributed by atoms with van der Waals surface area (Å²) in [5.41, 5.74) is 1.06. The molecule has 0 saturated carbocycles. The molecule has 0 bridgehead atoms. The minimum Gasteiger partial charge on any atom is -0.357 e. The van der Waals surface area contributed by atoms with E-state index in [0.29, 0.717) is 6.54 Å². The van der Waals surface area contributed by atoms with Gasteiger partial charge in [-0.05, 0) is 29.8 Å². The summed E-state index contributed by atoms with van der Waals surface area (Å²) in [6, 6.07) is 12.9. The molecule has 2 nitrogen and oxygen atoms in total. The highest BCUT2D eigenvalue weighted by Crippen LogP contribution is 2.29. The normalized spacial score (nSPS) is 11.8. The molecule has 1 aromatic heterocycles. The zero-order valence-electron chi connectivity index (χ0n) is 10.8. The molecule has 21 heavy (non-hydrogen) atoms. The van der Waals surface area contributed by atoms with Gasteiger partial charge in [-0.25, -0.2) is 4.98 Å². The Morgan fingerprint density at radius 2 is 1.71 bits per heavy atom. The van der Waals surface area contributed by atoms with Crippen LogP contribution in [0.2, 0.25) is 0 Å². The fourth-order valence-electron chi connectivity index (χ4n) is 1.94. The SMILES string of the molecule is FC(F)(F)c1ccc(CNc2nc3ccccc3s2)cc1. The van der Waals surface area contributed by atoms with E-state index < -0.39 is 11.7 Å². The highest BCUT2D eigenvalue weighted by Gasteiger charge is 2.29. The van der Waals surface area contributed by atoms with Crippen molar-refractivity contribution in [1.29, 1.82) is 0 Å². The van der Waals surface area contributed by atoms with Crippen LogP contribution in [0.15, 0.2) is 48.5 Å². The first kappa shape index (κ1) is 13.9. The third-order valence-corrected chi connectivity index (χ3v) is 4.01. The molecule has 6 heteroatoms. The Bertz CT molecular complexity index is 714. The van der Waals surface area contributed by atoms with Crippen LogP contribution in [0.4, 0.5) is 18.3 Å². The van der Waals surface area contributed by atoms with Gasteiger partial charge < -0.3 is 5.32 Å². The van der Waals surface area contributed by atoms with Gasteiger partial charge in [0.25, 0.3) is 0 Å². The van der Waals surface area contributed by atoms with Crippen LogP contribution in [-0.2, 0) is 12.7 Å². The van der Waals surface area contributed by atoms with E-state index in [9.17, 15) is 13.2 Å². The molecule has 0 saturated heterocycles. The van der Waals surface area contributed by atoms with Gasteiger partial charge in [0.15, 0.2) is 5.13 Å². The highest BCUT2D eigenvalue weighted by atomic mass is 32.1. The fraction of sp³-hybridized carbons (Fsp3) is 0.133. The van der Waals surface area contributed by atoms with Crippen molar-refractivity contribution in [1.82, 2.24) is 4.98 Å². The molecule has 0 radical (unpaired) electrons. The molecule has 108 valence electrons. The Morgan fingerprint density at radius 3 is 2.38 bits per heavy atom. The summed E-state index contributed by atoms with van der Waals surface area (Å²) in [5.74, 6) is 0. The van der Waals surface area contributed by atoms with Crippen LogP contribution in [0.1, 0.15) is 11.1 Å². The van der Waals surface area contributed by atoms with Gasteiger partial charge in [-0.2, -0.15) is 13.2 Å². The van der Waals surface area contributed by atoms with Crippen LogP contribution in [0.5, 0.6) is 0 Å². The van der Waals surface area contributed by atoms with Crippen molar-refractivity contribution in [3.63, 3.8) is 0 Å². The monoisotopic (exact) mass is 308 g/mol. The van der Waals surface area contributed by atoms with E-state index in [1.165, 1.54) is 23.5 Å². The van der Waals surface area contributed by atoms with Crippen molar-refractivity contribution in [2.45, 2.75) is 12.7 Å². The highest BCUT2D eigenvalue weighted by molar-refractivity contribution is 7.22. The maximum atomic E-state index is 12.5. The zero-order chi connectivity index (χ0) is 14.9. The first-order valence-electron chi connectivity index (χ1n) is 6.28. The minimum atomic E-state index is -4.29. The van der Waals surface area contributed by atoms with E-state index in [4.69, 9.17) is 0 Å². The number of anilines is 1. The number of fused-ring (bicyclic) bond motifs is 1. The third kappa shape index (κ3) is 3.16. The lowest BCUT2D eigenvalue weighted by Crippen LogP contribution is -2.05. The van der Waals surface area contributed by atoms with Gasteiger partial charge in [-0.3, -0.25) is 0 Å². The zero-order valence-corrected chi connectivity index (χ0v) is 11.6. The van der Waals surface area contributed by atoms with Crippen LogP contribution in [-0.4, -0.2) is 4.98 Å². The molecule has 0 aliphatic heterocycles. The average molecular weight is 308 g/mol. The number of nitrogens with one attached hydrogen (secondary N) is 1. The second kappa shape index (κ2) is 5.37. The van der Waals surface area contributed by atoms with Crippen molar-refractivity contribution in [2.75, 3.05) is 5.32 Å². The van der Waals surface area contributed by atoms with Crippen LogP contribution in [0.3, 0.4) is 0 Å². The second-order valence-corrected chi connectivity index (χ2v) is 5.57. The third-order valence-electron chi connectivity index (χ3n) is 3.02. The number of hydrogen-bond acceptors (Lipinski definition) is 3. The van der Waals surface area contributed by atoms with Crippen LogP contribution in [0, 0.1) is 0 Å². The van der Waals surface area contributed by atoms with E-state index >= 15 is 0 Å². The summed E-state index contributed by atoms with van der Waals surface area (Å²) in [4.78, 5) is 4.41. The van der Waals surface area contributed by atoms with E-state index in [2.05, 4.69) is 10.3 Å². The standard InChI is InChI=1S/C15H11F3N2S/c16-15(17,18)11-7-5-10(6-8-11)9-19-14-20-12-3-1-2-4-13(12)21-14/h1-8H,9H2,(H,19,20). The first-order chi connectivity index (χ1) is 10.0. The maximum Gasteiger partial charge on any atom is 0.416 e. The van der Waals surface area contributed by atoms with Gasteiger partial charge in [-0.1, -0.05) is 35.6 Å². The average Bonchev–Trinajstić information content (AvgIpc) is 2.87. The maximum absolute atomic E-state index is 12.5. The molecule has 2 aromatic carbocycles. The van der Waals surface area contributed by atoms with Gasteiger partial charge in [-0.15, -0.1) is 0 Å². The number of thiazole rings is 1. The van der Waals surface area contributed by atoms with Crippen molar-refractivity contribution >= 4 is 26.7 Å². The van der Waals surface area contributed by atoms with Crippen molar-refractivity contribution in [2.24, 2.45) is 0 Å². The Balaban J connectivity index is 1.69. The second-order valence-electron chi connectivity index (χ2n) is 4.53. The van der Waals surface area contributed by atoms with E-state index in [1.807, 2.05) is 24.3 Å². The van der Waals surface area contributed by atoms with E-state index in [-0.39, 0.29) is 0 Å². The van der Waals surface area contributed by atoms with Gasteiger partial charge in [0.2, 0.25) is 0 Å². The van der Waals surface area contributed by atoms with Crippen LogP contribution in [0.25, 0.3) is 10.2 Å². The molecule has 1 N–H and O–H groups in total. The van der Waals surface area contributed by atoms with Crippen molar-refractivity contribution < 1.29 is 13.2 Å². The quantitative estimate of drug-likeness (QED) is 0.742. The largest absolute Gasteiger partial charge is 0.416 e. The number of para-hydroxylation sites is 1.